The van der Waals surface area contributed by atoms with Gasteiger partial charge in [0.15, 0.2) is 0 Å². The van der Waals surface area contributed by atoms with E-state index < -0.39 is 11.6 Å². The molecule has 1 atom stereocenters. The number of esters is 1. The molecular weight excluding hydrogens is 352 g/mol. The van der Waals surface area contributed by atoms with Gasteiger partial charge in [0.2, 0.25) is 0 Å². The number of carbonyl (C=O) groups excluding carboxylic acids is 1. The SMILES string of the molecule is C=CCCC(Cc1cccc(-c2cccc(C(=O)O)c2)c1)C(=O)OC(C)(C)C. The maximum absolute atomic E-state index is 12.6. The third-order valence-electron chi connectivity index (χ3n) is 4.31. The zero-order chi connectivity index (χ0) is 20.7. The fraction of sp³-hybridized carbons (Fsp3) is 0.333. The molecule has 0 aliphatic heterocycles. The van der Waals surface area contributed by atoms with E-state index >= 15 is 0 Å². The summed E-state index contributed by atoms with van der Waals surface area (Å²) in [7, 11) is 0. The molecule has 0 saturated carbocycles. The highest BCUT2D eigenvalue weighted by atomic mass is 16.6. The molecule has 1 unspecified atom stereocenters. The van der Waals surface area contributed by atoms with Crippen LogP contribution in [0.4, 0.5) is 0 Å². The lowest BCUT2D eigenvalue weighted by Gasteiger charge is -2.24. The third-order valence-corrected chi connectivity index (χ3v) is 4.31. The van der Waals surface area contributed by atoms with E-state index in [9.17, 15) is 14.7 Å². The summed E-state index contributed by atoms with van der Waals surface area (Å²) < 4.78 is 5.59. The molecule has 1 N–H and O–H groups in total. The maximum Gasteiger partial charge on any atom is 0.335 e. The van der Waals surface area contributed by atoms with E-state index in [0.717, 1.165) is 23.1 Å². The van der Waals surface area contributed by atoms with Crippen LogP contribution in [0.5, 0.6) is 0 Å². The van der Waals surface area contributed by atoms with Gasteiger partial charge in [-0.3, -0.25) is 4.79 Å². The number of ether oxygens (including phenoxy) is 1. The predicted octanol–water partition coefficient (Wildman–Crippen LogP) is 5.52. The van der Waals surface area contributed by atoms with Crippen molar-refractivity contribution in [3.8, 4) is 11.1 Å². The normalized spacial score (nSPS) is 12.2. The molecule has 0 radical (unpaired) electrons. The fourth-order valence-corrected chi connectivity index (χ4v) is 3.00. The van der Waals surface area contributed by atoms with Crippen LogP contribution in [0.2, 0.25) is 0 Å². The van der Waals surface area contributed by atoms with Crippen LogP contribution in [0.15, 0.2) is 61.2 Å². The molecular formula is C24H28O4. The van der Waals surface area contributed by atoms with Crippen LogP contribution in [-0.4, -0.2) is 22.6 Å². The van der Waals surface area contributed by atoms with Crippen molar-refractivity contribution in [2.45, 2.75) is 45.6 Å². The lowest BCUT2D eigenvalue weighted by molar-refractivity contribution is -0.160. The Morgan fingerprint density at radius 2 is 1.75 bits per heavy atom. The van der Waals surface area contributed by atoms with E-state index in [2.05, 4.69) is 6.58 Å². The second-order valence-electron chi connectivity index (χ2n) is 7.89. The van der Waals surface area contributed by atoms with Crippen LogP contribution in [0.3, 0.4) is 0 Å². The summed E-state index contributed by atoms with van der Waals surface area (Å²) >= 11 is 0. The highest BCUT2D eigenvalue weighted by Crippen LogP contribution is 2.25. The van der Waals surface area contributed by atoms with Gasteiger partial charge in [-0.25, -0.2) is 4.79 Å². The van der Waals surface area contributed by atoms with Gasteiger partial charge in [0.25, 0.3) is 0 Å². The number of carbonyl (C=O) groups is 2. The smallest absolute Gasteiger partial charge is 0.335 e. The van der Waals surface area contributed by atoms with E-state index in [1.165, 1.54) is 0 Å². The molecule has 0 spiro atoms. The topological polar surface area (TPSA) is 63.6 Å². The first-order valence-corrected chi connectivity index (χ1v) is 9.46. The number of hydrogen-bond donors (Lipinski definition) is 1. The largest absolute Gasteiger partial charge is 0.478 e. The van der Waals surface area contributed by atoms with Crippen LogP contribution >= 0.6 is 0 Å². The summed E-state index contributed by atoms with van der Waals surface area (Å²) in [4.78, 5) is 23.8. The van der Waals surface area contributed by atoms with E-state index in [1.54, 1.807) is 18.2 Å². The van der Waals surface area contributed by atoms with Crippen molar-refractivity contribution in [1.29, 1.82) is 0 Å². The number of carboxylic acids is 1. The Hall–Kier alpha value is -2.88. The summed E-state index contributed by atoms with van der Waals surface area (Å²) in [6.45, 7) is 9.35. The first kappa shape index (κ1) is 21.4. The molecule has 0 saturated heterocycles. The molecule has 148 valence electrons. The van der Waals surface area contributed by atoms with E-state index in [0.29, 0.717) is 12.8 Å². The maximum atomic E-state index is 12.6. The molecule has 0 aliphatic rings. The Labute approximate surface area is 166 Å². The molecule has 2 aromatic rings. The van der Waals surface area contributed by atoms with Gasteiger partial charge in [-0.05, 0) is 68.9 Å². The average molecular weight is 380 g/mol. The van der Waals surface area contributed by atoms with Gasteiger partial charge in [0.05, 0.1) is 11.5 Å². The minimum atomic E-state index is -0.951. The molecule has 4 heteroatoms. The van der Waals surface area contributed by atoms with Crippen LogP contribution in [0.1, 0.15) is 49.5 Å². The number of allylic oxidation sites excluding steroid dienone is 1. The van der Waals surface area contributed by atoms with Crippen molar-refractivity contribution in [2.75, 3.05) is 0 Å². The van der Waals surface area contributed by atoms with Gasteiger partial charge >= 0.3 is 11.9 Å². The molecule has 28 heavy (non-hydrogen) atoms. The van der Waals surface area contributed by atoms with Crippen molar-refractivity contribution >= 4 is 11.9 Å². The summed E-state index contributed by atoms with van der Waals surface area (Å²) in [5.74, 6) is -1.40. The zero-order valence-corrected chi connectivity index (χ0v) is 16.8. The van der Waals surface area contributed by atoms with Crippen LogP contribution in [0.25, 0.3) is 11.1 Å². The lowest BCUT2D eigenvalue weighted by Crippen LogP contribution is -2.29. The molecule has 0 heterocycles. The van der Waals surface area contributed by atoms with Crippen molar-refractivity contribution in [2.24, 2.45) is 5.92 Å². The zero-order valence-electron chi connectivity index (χ0n) is 16.8. The molecule has 2 rings (SSSR count). The monoisotopic (exact) mass is 380 g/mol. The van der Waals surface area contributed by atoms with Gasteiger partial charge < -0.3 is 9.84 Å². The highest BCUT2D eigenvalue weighted by Gasteiger charge is 2.25. The molecule has 0 amide bonds. The molecule has 0 aromatic heterocycles. The first-order chi connectivity index (χ1) is 13.2. The Kier molecular flexibility index (Phi) is 7.16. The van der Waals surface area contributed by atoms with Gasteiger partial charge in [0, 0.05) is 0 Å². The highest BCUT2D eigenvalue weighted by molar-refractivity contribution is 5.89. The Bertz CT molecular complexity index is 846. The molecule has 0 aliphatic carbocycles. The lowest BCUT2D eigenvalue weighted by atomic mass is 9.92. The van der Waals surface area contributed by atoms with E-state index in [1.807, 2.05) is 57.2 Å². The fourth-order valence-electron chi connectivity index (χ4n) is 3.00. The summed E-state index contributed by atoms with van der Waals surface area (Å²) in [5.41, 5.74) is 2.50. The van der Waals surface area contributed by atoms with Crippen molar-refractivity contribution in [3.63, 3.8) is 0 Å². The molecule has 0 bridgehead atoms. The third kappa shape index (κ3) is 6.38. The van der Waals surface area contributed by atoms with Gasteiger partial charge in [-0.15, -0.1) is 6.58 Å². The summed E-state index contributed by atoms with van der Waals surface area (Å²) in [6.07, 6.45) is 3.79. The standard InChI is InChI=1S/C24H28O4/c1-5-6-10-21(23(27)28-24(2,3)4)15-17-9-7-11-18(14-17)19-12-8-13-20(16-19)22(25)26/h5,7-9,11-14,16,21H,1,6,10,15H2,2-4H3,(H,25,26). The van der Waals surface area contributed by atoms with Crippen molar-refractivity contribution < 1.29 is 19.4 Å². The number of hydrogen-bond acceptors (Lipinski definition) is 3. The van der Waals surface area contributed by atoms with Gasteiger partial charge in [-0.1, -0.05) is 42.5 Å². The summed E-state index contributed by atoms with van der Waals surface area (Å²) in [6, 6.07) is 14.7. The minimum absolute atomic E-state index is 0.201. The first-order valence-electron chi connectivity index (χ1n) is 9.46. The predicted molar refractivity (Wildman–Crippen MR) is 111 cm³/mol. The number of aromatic carboxylic acids is 1. The van der Waals surface area contributed by atoms with Gasteiger partial charge in [0.1, 0.15) is 5.60 Å². The molecule has 4 nitrogen and oxygen atoms in total. The number of rotatable bonds is 8. The Morgan fingerprint density at radius 3 is 2.36 bits per heavy atom. The van der Waals surface area contributed by atoms with Crippen molar-refractivity contribution in [1.82, 2.24) is 0 Å². The second kappa shape index (κ2) is 9.36. The Morgan fingerprint density at radius 1 is 1.11 bits per heavy atom. The number of benzene rings is 2. The molecule has 0 fully saturated rings. The van der Waals surface area contributed by atoms with E-state index in [4.69, 9.17) is 4.74 Å². The summed E-state index contributed by atoms with van der Waals surface area (Å²) in [5, 5.41) is 9.21. The van der Waals surface area contributed by atoms with Crippen molar-refractivity contribution in [3.05, 3.63) is 72.3 Å². The minimum Gasteiger partial charge on any atom is -0.478 e. The van der Waals surface area contributed by atoms with E-state index in [-0.39, 0.29) is 17.5 Å². The van der Waals surface area contributed by atoms with Crippen LogP contribution in [0, 0.1) is 5.92 Å². The number of carboxylic acid groups (broad SMARTS) is 1. The quantitative estimate of drug-likeness (QED) is 0.484. The average Bonchev–Trinajstić information content (AvgIpc) is 2.64. The van der Waals surface area contributed by atoms with Gasteiger partial charge in [-0.2, -0.15) is 0 Å². The second-order valence-corrected chi connectivity index (χ2v) is 7.89. The van der Waals surface area contributed by atoms with Crippen LogP contribution < -0.4 is 0 Å². The Balaban J connectivity index is 2.25. The molecule has 2 aromatic carbocycles. The van der Waals surface area contributed by atoms with Crippen LogP contribution in [-0.2, 0) is 16.0 Å².